The molecule has 2 aromatic heterocycles. The molecular weight excluding hydrogens is 248 g/mol. The monoisotopic (exact) mass is 256 g/mol. The molecule has 0 atom stereocenters. The Bertz CT molecular complexity index is 442. The van der Waals surface area contributed by atoms with Crippen LogP contribution in [0.1, 0.15) is 4.88 Å². The van der Waals surface area contributed by atoms with Crippen molar-refractivity contribution in [2.45, 2.75) is 6.42 Å². The summed E-state index contributed by atoms with van der Waals surface area (Å²) < 4.78 is 5.32. The first-order valence-electron chi connectivity index (χ1n) is 4.56. The van der Waals surface area contributed by atoms with Gasteiger partial charge in [-0.05, 0) is 23.0 Å². The fraction of sp³-hybridized carbons (Fsp3) is 0.222. The number of nitrogen functional groups attached to an aromatic ring is 1. The number of aromatic nitrogens is 3. The highest BCUT2D eigenvalue weighted by Crippen LogP contribution is 2.11. The predicted molar refractivity (Wildman–Crippen MR) is 62.8 cm³/mol. The summed E-state index contributed by atoms with van der Waals surface area (Å²) in [5.41, 5.74) is 5.40. The van der Waals surface area contributed by atoms with Gasteiger partial charge >= 0.3 is 6.01 Å². The first-order chi connectivity index (χ1) is 7.74. The van der Waals surface area contributed by atoms with Gasteiger partial charge in [-0.25, -0.2) is 0 Å². The highest BCUT2D eigenvalue weighted by Gasteiger charge is 2.03. The molecule has 0 aromatic carbocycles. The molecule has 84 valence electrons. The lowest BCUT2D eigenvalue weighted by molar-refractivity contribution is 0.296. The highest BCUT2D eigenvalue weighted by atomic mass is 35.5. The van der Waals surface area contributed by atoms with Gasteiger partial charge in [0, 0.05) is 11.3 Å². The third kappa shape index (κ3) is 3.04. The summed E-state index contributed by atoms with van der Waals surface area (Å²) in [7, 11) is 0. The molecule has 2 rings (SSSR count). The minimum absolute atomic E-state index is 0.0404. The van der Waals surface area contributed by atoms with Crippen molar-refractivity contribution in [3.05, 3.63) is 27.7 Å². The number of ether oxygens (including phenoxy) is 1. The number of hydrogen-bond acceptors (Lipinski definition) is 6. The van der Waals surface area contributed by atoms with Crippen molar-refractivity contribution in [2.75, 3.05) is 12.3 Å². The zero-order chi connectivity index (χ0) is 11.4. The van der Waals surface area contributed by atoms with E-state index in [0.29, 0.717) is 6.61 Å². The first kappa shape index (κ1) is 11.1. The van der Waals surface area contributed by atoms with Crippen LogP contribution in [0.4, 0.5) is 5.95 Å². The second kappa shape index (κ2) is 5.09. The minimum atomic E-state index is 0.0404. The zero-order valence-electron chi connectivity index (χ0n) is 8.26. The standard InChI is InChI=1S/C9H9ClN4OS/c10-7-12-8(11)14-9(13-7)15-4-3-6-2-1-5-16-6/h1-2,5H,3-4H2,(H2,11,12,13,14). The van der Waals surface area contributed by atoms with Crippen LogP contribution >= 0.6 is 22.9 Å². The smallest absolute Gasteiger partial charge is 0.322 e. The number of anilines is 1. The molecule has 2 N–H and O–H groups in total. The topological polar surface area (TPSA) is 73.9 Å². The number of nitrogens with two attached hydrogens (primary N) is 1. The van der Waals surface area contributed by atoms with E-state index < -0.39 is 0 Å². The fourth-order valence-electron chi connectivity index (χ4n) is 1.11. The molecule has 0 bridgehead atoms. The van der Waals surface area contributed by atoms with Crippen LogP contribution in [0, 0.1) is 0 Å². The lowest BCUT2D eigenvalue weighted by Crippen LogP contribution is -2.06. The Morgan fingerprint density at radius 2 is 2.25 bits per heavy atom. The molecule has 0 unspecified atom stereocenters. The van der Waals surface area contributed by atoms with Gasteiger partial charge in [-0.15, -0.1) is 11.3 Å². The second-order valence-corrected chi connectivity index (χ2v) is 4.29. The van der Waals surface area contributed by atoms with Crippen molar-refractivity contribution in [1.29, 1.82) is 0 Å². The normalized spacial score (nSPS) is 10.3. The van der Waals surface area contributed by atoms with E-state index in [9.17, 15) is 0 Å². The Morgan fingerprint density at radius 3 is 2.94 bits per heavy atom. The van der Waals surface area contributed by atoms with Crippen molar-refractivity contribution in [3.8, 4) is 6.01 Å². The number of halogens is 1. The van der Waals surface area contributed by atoms with E-state index in [1.165, 1.54) is 4.88 Å². The van der Waals surface area contributed by atoms with Gasteiger partial charge in [0.05, 0.1) is 6.61 Å². The van der Waals surface area contributed by atoms with Crippen LogP contribution in [-0.2, 0) is 6.42 Å². The van der Waals surface area contributed by atoms with E-state index in [2.05, 4.69) is 15.0 Å². The SMILES string of the molecule is Nc1nc(Cl)nc(OCCc2cccs2)n1. The third-order valence-corrected chi connectivity index (χ3v) is 2.87. The Morgan fingerprint density at radius 1 is 1.38 bits per heavy atom. The molecule has 16 heavy (non-hydrogen) atoms. The summed E-state index contributed by atoms with van der Waals surface area (Å²) in [6, 6.07) is 4.20. The maximum atomic E-state index is 5.61. The summed E-state index contributed by atoms with van der Waals surface area (Å²) in [6.45, 7) is 0.486. The Kier molecular flexibility index (Phi) is 3.53. The largest absolute Gasteiger partial charge is 0.463 e. The van der Waals surface area contributed by atoms with Gasteiger partial charge in [-0.3, -0.25) is 0 Å². The number of thiophene rings is 1. The van der Waals surface area contributed by atoms with Crippen molar-refractivity contribution in [3.63, 3.8) is 0 Å². The van der Waals surface area contributed by atoms with Crippen LogP contribution in [0.15, 0.2) is 17.5 Å². The minimum Gasteiger partial charge on any atom is -0.463 e. The van der Waals surface area contributed by atoms with E-state index in [1.54, 1.807) is 11.3 Å². The maximum absolute atomic E-state index is 5.61. The molecular formula is C9H9ClN4OS. The fourth-order valence-corrected chi connectivity index (χ4v) is 1.96. The average molecular weight is 257 g/mol. The Labute approximate surface area is 101 Å². The van der Waals surface area contributed by atoms with Gasteiger partial charge in [0.25, 0.3) is 0 Å². The van der Waals surface area contributed by atoms with Crippen LogP contribution in [0.2, 0.25) is 5.28 Å². The zero-order valence-corrected chi connectivity index (χ0v) is 9.83. The molecule has 2 heterocycles. The van der Waals surface area contributed by atoms with Crippen LogP contribution in [0.3, 0.4) is 0 Å². The summed E-state index contributed by atoms with van der Waals surface area (Å²) in [6.07, 6.45) is 0.806. The lowest BCUT2D eigenvalue weighted by atomic mass is 10.4. The molecule has 0 saturated heterocycles. The lowest BCUT2D eigenvalue weighted by Gasteiger charge is -2.03. The maximum Gasteiger partial charge on any atom is 0.322 e. The summed E-state index contributed by atoms with van der Waals surface area (Å²) in [5.74, 6) is 0.0612. The highest BCUT2D eigenvalue weighted by molar-refractivity contribution is 7.09. The van der Waals surface area contributed by atoms with Crippen LogP contribution in [0.5, 0.6) is 6.01 Å². The molecule has 0 radical (unpaired) electrons. The Balaban J connectivity index is 1.89. The van der Waals surface area contributed by atoms with Gasteiger partial charge in [-0.1, -0.05) is 6.07 Å². The molecule has 0 aliphatic heterocycles. The number of rotatable bonds is 4. The van der Waals surface area contributed by atoms with Crippen LogP contribution < -0.4 is 10.5 Å². The van der Waals surface area contributed by atoms with E-state index in [-0.39, 0.29) is 17.2 Å². The Hall–Kier alpha value is -1.40. The molecule has 0 aliphatic carbocycles. The summed E-state index contributed by atoms with van der Waals surface area (Å²) in [5, 5.41) is 2.06. The van der Waals surface area contributed by atoms with E-state index in [1.807, 2.05) is 17.5 Å². The van der Waals surface area contributed by atoms with Gasteiger partial charge in [0.1, 0.15) is 0 Å². The molecule has 7 heteroatoms. The van der Waals surface area contributed by atoms with Gasteiger partial charge < -0.3 is 10.5 Å². The van der Waals surface area contributed by atoms with Crippen molar-refractivity contribution >= 4 is 28.9 Å². The molecule has 0 aliphatic rings. The number of hydrogen-bond donors (Lipinski definition) is 1. The van der Waals surface area contributed by atoms with Gasteiger partial charge in [0.2, 0.25) is 11.2 Å². The van der Waals surface area contributed by atoms with Crippen LogP contribution in [-0.4, -0.2) is 21.6 Å². The van der Waals surface area contributed by atoms with Gasteiger partial charge in [0.15, 0.2) is 0 Å². The molecule has 0 spiro atoms. The third-order valence-electron chi connectivity index (χ3n) is 1.76. The number of nitrogens with zero attached hydrogens (tertiary/aromatic N) is 3. The van der Waals surface area contributed by atoms with Crippen molar-refractivity contribution in [1.82, 2.24) is 15.0 Å². The van der Waals surface area contributed by atoms with Crippen molar-refractivity contribution in [2.24, 2.45) is 0 Å². The van der Waals surface area contributed by atoms with Gasteiger partial charge in [-0.2, -0.15) is 15.0 Å². The summed E-state index contributed by atoms with van der Waals surface area (Å²) >= 11 is 7.29. The molecule has 2 aromatic rings. The summed E-state index contributed by atoms with van der Waals surface area (Å²) in [4.78, 5) is 12.5. The molecule has 0 saturated carbocycles. The van der Waals surface area contributed by atoms with Crippen molar-refractivity contribution < 1.29 is 4.74 Å². The van der Waals surface area contributed by atoms with Crippen LogP contribution in [0.25, 0.3) is 0 Å². The second-order valence-electron chi connectivity index (χ2n) is 2.92. The quantitative estimate of drug-likeness (QED) is 0.903. The van der Waals surface area contributed by atoms with E-state index in [4.69, 9.17) is 22.1 Å². The molecule has 0 amide bonds. The first-order valence-corrected chi connectivity index (χ1v) is 5.82. The predicted octanol–water partition coefficient (Wildman–Crippen LogP) is 1.79. The molecule has 0 fully saturated rings. The average Bonchev–Trinajstić information content (AvgIpc) is 2.69. The van der Waals surface area contributed by atoms with E-state index in [0.717, 1.165) is 6.42 Å². The van der Waals surface area contributed by atoms with E-state index >= 15 is 0 Å². The molecule has 5 nitrogen and oxygen atoms in total.